The molecule has 2 aliphatic rings. The molecule has 2 saturated heterocycles. The maximum atomic E-state index is 12.3. The first-order valence-corrected chi connectivity index (χ1v) is 8.22. The van der Waals surface area contributed by atoms with Crippen molar-refractivity contribution in [3.63, 3.8) is 0 Å². The first-order chi connectivity index (χ1) is 8.76. The number of sulfone groups is 1. The van der Waals surface area contributed by atoms with Gasteiger partial charge < -0.3 is 10.0 Å². The zero-order valence-corrected chi connectivity index (χ0v) is 11.8. The van der Waals surface area contributed by atoms with Gasteiger partial charge in [-0.05, 0) is 26.2 Å². The van der Waals surface area contributed by atoms with Gasteiger partial charge in [0.15, 0.2) is 9.84 Å². The number of hydrogen-bond donors (Lipinski definition) is 1. The highest BCUT2D eigenvalue weighted by Crippen LogP contribution is 2.32. The van der Waals surface area contributed by atoms with Gasteiger partial charge in [-0.25, -0.2) is 8.42 Å². The molecule has 0 saturated carbocycles. The molecule has 0 bridgehead atoms. The zero-order chi connectivity index (χ0) is 14.3. The molecule has 0 aromatic heterocycles. The second-order valence-corrected chi connectivity index (χ2v) is 8.03. The maximum absolute atomic E-state index is 12.3. The van der Waals surface area contributed by atoms with Crippen molar-refractivity contribution in [2.75, 3.05) is 18.8 Å². The summed E-state index contributed by atoms with van der Waals surface area (Å²) < 4.78 is 23.8. The molecule has 108 valence electrons. The third-order valence-electron chi connectivity index (χ3n) is 4.16. The summed E-state index contributed by atoms with van der Waals surface area (Å²) in [5, 5.41) is 8.17. The number of hydrogen-bond acceptors (Lipinski definition) is 4. The van der Waals surface area contributed by atoms with Crippen LogP contribution in [0, 0.1) is 5.41 Å². The Morgan fingerprint density at radius 1 is 1.32 bits per heavy atom. The highest BCUT2D eigenvalue weighted by Gasteiger charge is 2.45. The van der Waals surface area contributed by atoms with Crippen molar-refractivity contribution in [1.82, 2.24) is 4.90 Å². The summed E-state index contributed by atoms with van der Waals surface area (Å²) in [5.41, 5.74) is -0.950. The molecular formula is C12H19NO5S. The number of nitrogens with zero attached hydrogens (tertiary/aromatic N) is 1. The van der Waals surface area contributed by atoms with E-state index in [2.05, 4.69) is 0 Å². The lowest BCUT2D eigenvalue weighted by Gasteiger charge is -2.27. The lowest BCUT2D eigenvalue weighted by atomic mass is 9.90. The van der Waals surface area contributed by atoms with E-state index < -0.39 is 32.4 Å². The van der Waals surface area contributed by atoms with Gasteiger partial charge in [0.05, 0.1) is 11.2 Å². The number of amides is 1. The van der Waals surface area contributed by atoms with Crippen molar-refractivity contribution in [2.24, 2.45) is 5.41 Å². The first kappa shape index (κ1) is 14.3. The van der Waals surface area contributed by atoms with Crippen LogP contribution >= 0.6 is 0 Å². The van der Waals surface area contributed by atoms with Gasteiger partial charge in [-0.2, -0.15) is 0 Å². The van der Waals surface area contributed by atoms with E-state index in [1.807, 2.05) is 0 Å². The molecule has 1 N–H and O–H groups in total. The number of aliphatic carboxylic acids is 1. The van der Waals surface area contributed by atoms with Gasteiger partial charge in [0.25, 0.3) is 0 Å². The Labute approximate surface area is 112 Å². The van der Waals surface area contributed by atoms with E-state index in [-0.39, 0.29) is 12.3 Å². The Balaban J connectivity index is 2.12. The van der Waals surface area contributed by atoms with Crippen LogP contribution in [0.15, 0.2) is 0 Å². The number of carboxylic acids is 1. The lowest BCUT2D eigenvalue weighted by molar-refractivity contribution is -0.147. The molecular weight excluding hydrogens is 270 g/mol. The summed E-state index contributed by atoms with van der Waals surface area (Å²) in [6.07, 6.45) is 2.08. The van der Waals surface area contributed by atoms with Crippen LogP contribution in [-0.4, -0.2) is 54.4 Å². The van der Waals surface area contributed by atoms with E-state index in [4.69, 9.17) is 5.11 Å². The molecule has 2 fully saturated rings. The van der Waals surface area contributed by atoms with E-state index in [0.29, 0.717) is 25.8 Å². The topological polar surface area (TPSA) is 91.8 Å². The molecule has 2 aliphatic heterocycles. The molecule has 1 amide bonds. The second kappa shape index (κ2) is 4.77. The van der Waals surface area contributed by atoms with Crippen molar-refractivity contribution < 1.29 is 23.1 Å². The molecule has 0 aromatic carbocycles. The third kappa shape index (κ3) is 2.61. The van der Waals surface area contributed by atoms with Crippen LogP contribution in [0.4, 0.5) is 0 Å². The molecule has 2 rings (SSSR count). The fourth-order valence-electron chi connectivity index (χ4n) is 2.76. The molecule has 0 aliphatic carbocycles. The molecule has 2 atom stereocenters. The maximum Gasteiger partial charge on any atom is 0.311 e. The smallest absolute Gasteiger partial charge is 0.311 e. The molecule has 2 unspecified atom stereocenters. The van der Waals surface area contributed by atoms with Crippen molar-refractivity contribution in [1.29, 1.82) is 0 Å². The Morgan fingerprint density at radius 3 is 2.53 bits per heavy atom. The van der Waals surface area contributed by atoms with Crippen molar-refractivity contribution in [3.8, 4) is 0 Å². The van der Waals surface area contributed by atoms with Gasteiger partial charge in [-0.1, -0.05) is 6.42 Å². The van der Waals surface area contributed by atoms with Crippen molar-refractivity contribution in [2.45, 2.75) is 37.9 Å². The average Bonchev–Trinajstić information content (AvgIpc) is 2.72. The normalized spacial score (nSPS) is 34.2. The van der Waals surface area contributed by atoms with Crippen LogP contribution in [0.2, 0.25) is 0 Å². The molecule has 6 nitrogen and oxygen atoms in total. The average molecular weight is 289 g/mol. The van der Waals surface area contributed by atoms with E-state index in [1.165, 1.54) is 4.90 Å². The number of likely N-dealkylation sites (tertiary alicyclic amines) is 1. The van der Waals surface area contributed by atoms with Gasteiger partial charge in [0.1, 0.15) is 5.25 Å². The fraction of sp³-hybridized carbons (Fsp3) is 0.833. The van der Waals surface area contributed by atoms with Crippen molar-refractivity contribution >= 4 is 21.7 Å². The highest BCUT2D eigenvalue weighted by atomic mass is 32.2. The minimum atomic E-state index is -3.36. The molecule has 7 heteroatoms. The fourth-order valence-corrected chi connectivity index (χ4v) is 4.63. The van der Waals surface area contributed by atoms with Crippen LogP contribution in [0.5, 0.6) is 0 Å². The number of carbonyl (C=O) groups excluding carboxylic acids is 1. The van der Waals surface area contributed by atoms with E-state index >= 15 is 0 Å². The summed E-state index contributed by atoms with van der Waals surface area (Å²) >= 11 is 0. The van der Waals surface area contributed by atoms with Crippen LogP contribution < -0.4 is 0 Å². The summed E-state index contributed by atoms with van der Waals surface area (Å²) in [4.78, 5) is 24.8. The van der Waals surface area contributed by atoms with Crippen LogP contribution in [0.3, 0.4) is 0 Å². The van der Waals surface area contributed by atoms with E-state index in [0.717, 1.165) is 6.42 Å². The molecule has 19 heavy (non-hydrogen) atoms. The quantitative estimate of drug-likeness (QED) is 0.788. The third-order valence-corrected chi connectivity index (χ3v) is 6.32. The van der Waals surface area contributed by atoms with E-state index in [9.17, 15) is 18.0 Å². The van der Waals surface area contributed by atoms with Crippen LogP contribution in [-0.2, 0) is 19.4 Å². The minimum absolute atomic E-state index is 0.0629. The van der Waals surface area contributed by atoms with Crippen LogP contribution in [0.1, 0.15) is 32.6 Å². The number of rotatable bonds is 2. The lowest BCUT2D eigenvalue weighted by Crippen LogP contribution is -2.45. The summed E-state index contributed by atoms with van der Waals surface area (Å²) in [6, 6.07) is 0. The van der Waals surface area contributed by atoms with Gasteiger partial charge in [-0.3, -0.25) is 9.59 Å². The Kier molecular flexibility index (Phi) is 3.59. The zero-order valence-electron chi connectivity index (χ0n) is 11.0. The first-order valence-electron chi connectivity index (χ1n) is 6.50. The van der Waals surface area contributed by atoms with Gasteiger partial charge in [0.2, 0.25) is 5.91 Å². The number of carbonyl (C=O) groups is 2. The van der Waals surface area contributed by atoms with Gasteiger partial charge in [0, 0.05) is 13.1 Å². The minimum Gasteiger partial charge on any atom is -0.481 e. The highest BCUT2D eigenvalue weighted by molar-refractivity contribution is 7.92. The molecule has 0 spiro atoms. The summed E-state index contributed by atoms with van der Waals surface area (Å²) in [6.45, 7) is 2.03. The molecule has 0 radical (unpaired) electrons. The van der Waals surface area contributed by atoms with Gasteiger partial charge in [-0.15, -0.1) is 0 Å². The standard InChI is InChI=1S/C12H19NO5S/c1-12(11(15)16)5-6-13(8-12)10(14)9-4-2-3-7-19(9,17)18/h9H,2-8H2,1H3,(H,15,16). The predicted octanol–water partition coefficient (Wildman–Crippen LogP) is 0.277. The monoisotopic (exact) mass is 289 g/mol. The van der Waals surface area contributed by atoms with Gasteiger partial charge >= 0.3 is 5.97 Å². The summed E-state index contributed by atoms with van der Waals surface area (Å²) in [5.74, 6) is -1.29. The van der Waals surface area contributed by atoms with Crippen LogP contribution in [0.25, 0.3) is 0 Å². The molecule has 2 heterocycles. The number of carboxylic acid groups (broad SMARTS) is 1. The SMILES string of the molecule is CC1(C(=O)O)CCN(C(=O)C2CCCCS2(=O)=O)C1. The Morgan fingerprint density at radius 2 is 2.00 bits per heavy atom. The Bertz CT molecular complexity index is 500. The second-order valence-electron chi connectivity index (χ2n) is 5.73. The summed E-state index contributed by atoms with van der Waals surface area (Å²) in [7, 11) is -3.36. The molecule has 0 aromatic rings. The Hall–Kier alpha value is -1.11. The van der Waals surface area contributed by atoms with Crippen molar-refractivity contribution in [3.05, 3.63) is 0 Å². The van der Waals surface area contributed by atoms with E-state index in [1.54, 1.807) is 6.92 Å². The predicted molar refractivity (Wildman–Crippen MR) is 68.4 cm³/mol. The largest absolute Gasteiger partial charge is 0.481 e.